The maximum Gasteiger partial charge on any atom is 0.0671 e. The molecule has 1 aromatic carbocycles. The first-order valence-corrected chi connectivity index (χ1v) is 7.11. The number of halogens is 2. The van der Waals surface area contributed by atoms with Crippen molar-refractivity contribution < 1.29 is 0 Å². The Hall–Kier alpha value is -1.09. The van der Waals surface area contributed by atoms with E-state index in [1.54, 1.807) is 6.07 Å². The van der Waals surface area contributed by atoms with E-state index in [1.165, 1.54) is 18.4 Å². The van der Waals surface area contributed by atoms with E-state index in [-0.39, 0.29) is 0 Å². The largest absolute Gasteiger partial charge is 0.310 e. The number of nitrogens with one attached hydrogen (secondary N) is 1. The molecule has 0 atom stereocenters. The third-order valence-electron chi connectivity index (χ3n) is 3.23. The van der Waals surface area contributed by atoms with Gasteiger partial charge in [-0.3, -0.25) is 4.98 Å². The molecular weight excluding hydrogens is 279 g/mol. The smallest absolute Gasteiger partial charge is 0.0671 e. The van der Waals surface area contributed by atoms with E-state index >= 15 is 0 Å². The van der Waals surface area contributed by atoms with Crippen molar-refractivity contribution in [2.24, 2.45) is 0 Å². The van der Waals surface area contributed by atoms with E-state index in [2.05, 4.69) is 16.4 Å². The van der Waals surface area contributed by atoms with Crippen LogP contribution in [0.2, 0.25) is 10.0 Å². The normalized spacial score (nSPS) is 14.6. The summed E-state index contributed by atoms with van der Waals surface area (Å²) >= 11 is 12.3. The van der Waals surface area contributed by atoms with Crippen molar-refractivity contribution in [3.63, 3.8) is 0 Å². The molecule has 0 saturated heterocycles. The summed E-state index contributed by atoms with van der Waals surface area (Å²) in [4.78, 5) is 4.29. The fourth-order valence-corrected chi connectivity index (χ4v) is 2.42. The topological polar surface area (TPSA) is 24.9 Å². The zero-order valence-corrected chi connectivity index (χ0v) is 11.9. The van der Waals surface area contributed by atoms with Gasteiger partial charge >= 0.3 is 0 Å². The van der Waals surface area contributed by atoms with Crippen molar-refractivity contribution in [3.05, 3.63) is 52.3 Å². The van der Waals surface area contributed by atoms with Crippen LogP contribution in [0.25, 0.3) is 11.1 Å². The Bertz CT molecular complexity index is 594. The Morgan fingerprint density at radius 1 is 1.21 bits per heavy atom. The van der Waals surface area contributed by atoms with Crippen molar-refractivity contribution in [2.75, 3.05) is 0 Å². The zero-order valence-electron chi connectivity index (χ0n) is 10.4. The van der Waals surface area contributed by atoms with Gasteiger partial charge in [0.05, 0.1) is 10.0 Å². The van der Waals surface area contributed by atoms with Crippen molar-refractivity contribution in [3.8, 4) is 11.1 Å². The molecule has 98 valence electrons. The molecule has 1 N–H and O–H groups in total. The molecule has 0 radical (unpaired) electrons. The molecule has 1 saturated carbocycles. The second-order valence-electron chi connectivity index (χ2n) is 4.84. The van der Waals surface area contributed by atoms with Crippen LogP contribution in [0.5, 0.6) is 0 Å². The van der Waals surface area contributed by atoms with Gasteiger partial charge in [0.2, 0.25) is 0 Å². The minimum absolute atomic E-state index is 0.570. The Morgan fingerprint density at radius 3 is 2.84 bits per heavy atom. The highest BCUT2D eigenvalue weighted by Gasteiger charge is 2.20. The lowest BCUT2D eigenvalue weighted by Crippen LogP contribution is -2.15. The maximum absolute atomic E-state index is 6.24. The molecule has 1 heterocycles. The molecule has 2 aromatic rings. The van der Waals surface area contributed by atoms with Crippen molar-refractivity contribution in [1.82, 2.24) is 10.3 Å². The lowest BCUT2D eigenvalue weighted by atomic mass is 10.1. The molecular formula is C15H14Cl2N2. The molecule has 0 spiro atoms. The Balaban J connectivity index is 1.86. The van der Waals surface area contributed by atoms with Crippen LogP contribution in [0.1, 0.15) is 18.4 Å². The van der Waals surface area contributed by atoms with Gasteiger partial charge in [-0.2, -0.15) is 0 Å². The molecule has 3 rings (SSSR count). The minimum Gasteiger partial charge on any atom is -0.310 e. The molecule has 2 nitrogen and oxygen atoms in total. The van der Waals surface area contributed by atoms with Gasteiger partial charge in [-0.25, -0.2) is 0 Å². The molecule has 1 fully saturated rings. The predicted molar refractivity (Wildman–Crippen MR) is 79.6 cm³/mol. The molecule has 4 heteroatoms. The molecule has 1 aliphatic carbocycles. The first-order valence-electron chi connectivity index (χ1n) is 6.36. The maximum atomic E-state index is 6.24. The van der Waals surface area contributed by atoms with E-state index in [0.717, 1.165) is 17.7 Å². The van der Waals surface area contributed by atoms with Crippen LogP contribution < -0.4 is 5.32 Å². The van der Waals surface area contributed by atoms with Crippen molar-refractivity contribution in [1.29, 1.82) is 0 Å². The van der Waals surface area contributed by atoms with Gasteiger partial charge in [0.25, 0.3) is 0 Å². The van der Waals surface area contributed by atoms with E-state index in [9.17, 15) is 0 Å². The summed E-state index contributed by atoms with van der Waals surface area (Å²) in [6, 6.07) is 8.46. The lowest BCUT2D eigenvalue weighted by Gasteiger charge is -2.08. The van der Waals surface area contributed by atoms with Crippen LogP contribution in [0.3, 0.4) is 0 Å². The van der Waals surface area contributed by atoms with Gasteiger partial charge in [-0.05, 0) is 30.5 Å². The number of aromatic nitrogens is 1. The zero-order chi connectivity index (χ0) is 13.2. The summed E-state index contributed by atoms with van der Waals surface area (Å²) in [5.41, 5.74) is 3.10. The van der Waals surface area contributed by atoms with E-state index in [0.29, 0.717) is 16.1 Å². The first-order chi connectivity index (χ1) is 9.24. The fraction of sp³-hybridized carbons (Fsp3) is 0.267. The second-order valence-corrected chi connectivity index (χ2v) is 5.62. The summed E-state index contributed by atoms with van der Waals surface area (Å²) in [5.74, 6) is 0. The Labute approximate surface area is 122 Å². The van der Waals surface area contributed by atoms with E-state index in [1.807, 2.05) is 24.5 Å². The standard InChI is InChI=1S/C15H14Cl2N2/c16-14-3-1-2-13(15(14)17)11-6-10(7-18-9-11)8-19-12-4-5-12/h1-3,6-7,9,12,19H,4-5,8H2. The first kappa shape index (κ1) is 12.9. The van der Waals surface area contributed by atoms with Gasteiger partial charge in [-0.1, -0.05) is 35.3 Å². The Kier molecular flexibility index (Phi) is 3.74. The van der Waals surface area contributed by atoms with Crippen LogP contribution in [0.4, 0.5) is 0 Å². The van der Waals surface area contributed by atoms with Crippen LogP contribution in [-0.4, -0.2) is 11.0 Å². The summed E-state index contributed by atoms with van der Waals surface area (Å²) in [6.07, 6.45) is 6.27. The third kappa shape index (κ3) is 3.08. The third-order valence-corrected chi connectivity index (χ3v) is 4.05. The SMILES string of the molecule is Clc1cccc(-c2cncc(CNC3CC3)c2)c1Cl. The average molecular weight is 293 g/mol. The van der Waals surface area contributed by atoms with Crippen LogP contribution in [0.15, 0.2) is 36.7 Å². The molecule has 1 aromatic heterocycles. The number of nitrogens with zero attached hydrogens (tertiary/aromatic N) is 1. The van der Waals surface area contributed by atoms with Gasteiger partial charge in [-0.15, -0.1) is 0 Å². The monoisotopic (exact) mass is 292 g/mol. The minimum atomic E-state index is 0.570. The van der Waals surface area contributed by atoms with Gasteiger partial charge in [0, 0.05) is 36.1 Å². The number of hydrogen-bond acceptors (Lipinski definition) is 2. The highest BCUT2D eigenvalue weighted by atomic mass is 35.5. The Morgan fingerprint density at radius 2 is 2.05 bits per heavy atom. The van der Waals surface area contributed by atoms with Crippen LogP contribution >= 0.6 is 23.2 Å². The average Bonchev–Trinajstić information content (AvgIpc) is 3.24. The number of rotatable bonds is 4. The quantitative estimate of drug-likeness (QED) is 0.908. The number of benzene rings is 1. The van der Waals surface area contributed by atoms with Crippen LogP contribution in [-0.2, 0) is 6.54 Å². The molecule has 0 bridgehead atoms. The lowest BCUT2D eigenvalue weighted by molar-refractivity contribution is 0.686. The summed E-state index contributed by atoms with van der Waals surface area (Å²) < 4.78 is 0. The van der Waals surface area contributed by atoms with Crippen molar-refractivity contribution in [2.45, 2.75) is 25.4 Å². The second kappa shape index (κ2) is 5.49. The highest BCUT2D eigenvalue weighted by Crippen LogP contribution is 2.33. The van der Waals surface area contributed by atoms with E-state index < -0.39 is 0 Å². The van der Waals surface area contributed by atoms with Gasteiger partial charge in [0.1, 0.15) is 0 Å². The van der Waals surface area contributed by atoms with Gasteiger partial charge in [0.15, 0.2) is 0 Å². The fourth-order valence-electron chi connectivity index (χ4n) is 2.01. The van der Waals surface area contributed by atoms with Crippen LogP contribution in [0, 0.1) is 0 Å². The predicted octanol–water partition coefficient (Wildman–Crippen LogP) is 4.31. The number of hydrogen-bond donors (Lipinski definition) is 1. The molecule has 1 aliphatic rings. The summed E-state index contributed by atoms with van der Waals surface area (Å²) in [7, 11) is 0. The summed E-state index contributed by atoms with van der Waals surface area (Å²) in [6.45, 7) is 0.851. The number of pyridine rings is 1. The molecule has 19 heavy (non-hydrogen) atoms. The molecule has 0 amide bonds. The van der Waals surface area contributed by atoms with Gasteiger partial charge < -0.3 is 5.32 Å². The molecule has 0 unspecified atom stereocenters. The molecule has 0 aliphatic heterocycles. The highest BCUT2D eigenvalue weighted by molar-refractivity contribution is 6.43. The summed E-state index contributed by atoms with van der Waals surface area (Å²) in [5, 5.41) is 4.63. The van der Waals surface area contributed by atoms with E-state index in [4.69, 9.17) is 23.2 Å². The van der Waals surface area contributed by atoms with Crippen molar-refractivity contribution >= 4 is 23.2 Å².